The number of aryl methyl sites for hydroxylation is 1. The lowest BCUT2D eigenvalue weighted by Gasteiger charge is -2.25. The van der Waals surface area contributed by atoms with Crippen molar-refractivity contribution in [3.63, 3.8) is 0 Å². The zero-order valence-corrected chi connectivity index (χ0v) is 20.8. The van der Waals surface area contributed by atoms with Gasteiger partial charge in [0, 0.05) is 25.2 Å². The summed E-state index contributed by atoms with van der Waals surface area (Å²) in [5, 5.41) is 15.7. The summed E-state index contributed by atoms with van der Waals surface area (Å²) in [5.74, 6) is -0.0619. The minimum atomic E-state index is -0.250. The maximum absolute atomic E-state index is 12.9. The smallest absolute Gasteiger partial charge is 0.254 e. The average molecular weight is 486 g/mol. The van der Waals surface area contributed by atoms with Crippen LogP contribution in [0.1, 0.15) is 33.2 Å². The molecule has 0 saturated heterocycles. The van der Waals surface area contributed by atoms with Gasteiger partial charge >= 0.3 is 0 Å². The van der Waals surface area contributed by atoms with E-state index >= 15 is 0 Å². The number of hydrogen-bond acceptors (Lipinski definition) is 4. The van der Waals surface area contributed by atoms with Crippen molar-refractivity contribution in [2.45, 2.75) is 6.04 Å². The van der Waals surface area contributed by atoms with Crippen LogP contribution in [0.15, 0.2) is 104 Å². The Morgan fingerprint density at radius 3 is 2.51 bits per heavy atom. The molecular formula is C31H27N5O. The Bertz CT molecular complexity index is 1590. The maximum Gasteiger partial charge on any atom is 0.254 e. The van der Waals surface area contributed by atoms with Crippen LogP contribution in [0.4, 0.5) is 0 Å². The van der Waals surface area contributed by atoms with Crippen molar-refractivity contribution >= 4 is 16.7 Å². The molecule has 1 amide bonds. The highest BCUT2D eigenvalue weighted by Gasteiger charge is 2.21. The lowest BCUT2D eigenvalue weighted by molar-refractivity contribution is 0.0780. The quantitative estimate of drug-likeness (QED) is 0.308. The van der Waals surface area contributed by atoms with E-state index in [-0.39, 0.29) is 11.9 Å². The lowest BCUT2D eigenvalue weighted by atomic mass is 9.91. The van der Waals surface area contributed by atoms with Gasteiger partial charge in [-0.2, -0.15) is 5.26 Å². The first-order valence-corrected chi connectivity index (χ1v) is 12.1. The first kappa shape index (κ1) is 24.0. The molecular weight excluding hydrogens is 458 g/mol. The number of nitrogens with zero attached hydrogens (tertiary/aromatic N) is 4. The minimum absolute atomic E-state index is 0.0619. The SMILES string of the molecule is CN(CNC(c1ccc(C#N)c(-c2cccc3ccccc23)c1)c1cncn1C)C(=O)c1ccccc1. The molecule has 0 aliphatic carbocycles. The summed E-state index contributed by atoms with van der Waals surface area (Å²) in [5.41, 5.74) is 5.07. The number of nitrogens with one attached hydrogen (secondary N) is 1. The second-order valence-corrected chi connectivity index (χ2v) is 9.04. The molecule has 182 valence electrons. The van der Waals surface area contributed by atoms with Gasteiger partial charge in [0.25, 0.3) is 5.91 Å². The Morgan fingerprint density at radius 2 is 1.76 bits per heavy atom. The van der Waals surface area contributed by atoms with Crippen molar-refractivity contribution in [3.8, 4) is 17.2 Å². The van der Waals surface area contributed by atoms with Crippen LogP contribution in [-0.4, -0.2) is 34.1 Å². The number of rotatable bonds is 7. The molecule has 6 heteroatoms. The number of benzene rings is 4. The number of aromatic nitrogens is 2. The molecule has 0 radical (unpaired) electrons. The third-order valence-corrected chi connectivity index (χ3v) is 6.63. The van der Waals surface area contributed by atoms with Crippen molar-refractivity contribution in [3.05, 3.63) is 126 Å². The summed E-state index contributed by atoms with van der Waals surface area (Å²) in [6, 6.07) is 31.6. The summed E-state index contributed by atoms with van der Waals surface area (Å²) in [7, 11) is 3.73. The molecule has 0 spiro atoms. The predicted molar refractivity (Wildman–Crippen MR) is 146 cm³/mol. The van der Waals surface area contributed by atoms with Gasteiger partial charge in [-0.1, -0.05) is 66.7 Å². The molecule has 1 N–H and O–H groups in total. The van der Waals surface area contributed by atoms with Crippen molar-refractivity contribution < 1.29 is 4.79 Å². The molecule has 5 rings (SSSR count). The van der Waals surface area contributed by atoms with Gasteiger partial charge in [0.15, 0.2) is 0 Å². The zero-order chi connectivity index (χ0) is 25.8. The fourth-order valence-corrected chi connectivity index (χ4v) is 4.66. The highest BCUT2D eigenvalue weighted by molar-refractivity contribution is 5.98. The molecule has 0 aliphatic heterocycles. The largest absolute Gasteiger partial charge is 0.336 e. The Morgan fingerprint density at radius 1 is 1.00 bits per heavy atom. The third kappa shape index (κ3) is 4.86. The van der Waals surface area contributed by atoms with E-state index in [1.54, 1.807) is 18.3 Å². The number of amides is 1. The van der Waals surface area contributed by atoms with Gasteiger partial charge in [0.05, 0.1) is 42.6 Å². The molecule has 0 saturated carbocycles. The lowest BCUT2D eigenvalue weighted by Crippen LogP contribution is -2.38. The van der Waals surface area contributed by atoms with Crippen LogP contribution in [-0.2, 0) is 7.05 Å². The first-order chi connectivity index (χ1) is 18.1. The van der Waals surface area contributed by atoms with Gasteiger partial charge in [0.1, 0.15) is 0 Å². The van der Waals surface area contributed by atoms with Crippen molar-refractivity contribution in [2.24, 2.45) is 7.05 Å². The van der Waals surface area contributed by atoms with Crippen LogP contribution in [0.5, 0.6) is 0 Å². The highest BCUT2D eigenvalue weighted by Crippen LogP contribution is 2.34. The molecule has 0 bridgehead atoms. The standard InChI is InChI=1S/C31H27N5O/c1-35-20-33-19-29(35)30(34-21-36(2)31(37)23-10-4-3-5-11-23)24-15-16-25(18-32)28(17-24)27-14-8-12-22-9-6-7-13-26(22)27/h3-17,19-20,30,34H,21H2,1-2H3. The Kier molecular flexibility index (Phi) is 6.80. The second kappa shape index (κ2) is 10.5. The number of imidazole rings is 1. The molecule has 4 aromatic carbocycles. The third-order valence-electron chi connectivity index (χ3n) is 6.63. The number of nitriles is 1. The molecule has 6 nitrogen and oxygen atoms in total. The van der Waals surface area contributed by atoms with E-state index in [2.05, 4.69) is 46.7 Å². The molecule has 1 unspecified atom stereocenters. The highest BCUT2D eigenvalue weighted by atomic mass is 16.2. The molecule has 0 aliphatic rings. The van der Waals surface area contributed by atoms with Crippen molar-refractivity contribution in [1.29, 1.82) is 5.26 Å². The van der Waals surface area contributed by atoms with Gasteiger partial charge in [-0.25, -0.2) is 4.98 Å². The van der Waals surface area contributed by atoms with Crippen LogP contribution in [0, 0.1) is 11.3 Å². The number of fused-ring (bicyclic) bond motifs is 1. The number of carbonyl (C=O) groups excluding carboxylic acids is 1. The maximum atomic E-state index is 12.9. The van der Waals surface area contributed by atoms with Crippen LogP contribution in [0.3, 0.4) is 0 Å². The van der Waals surface area contributed by atoms with E-state index in [9.17, 15) is 10.1 Å². The monoisotopic (exact) mass is 485 g/mol. The van der Waals surface area contributed by atoms with E-state index in [0.717, 1.165) is 33.2 Å². The van der Waals surface area contributed by atoms with Gasteiger partial charge in [-0.15, -0.1) is 0 Å². The fraction of sp³-hybridized carbons (Fsp3) is 0.129. The number of carbonyl (C=O) groups is 1. The van der Waals surface area contributed by atoms with E-state index in [0.29, 0.717) is 17.8 Å². The Hall–Kier alpha value is -4.73. The normalized spacial score (nSPS) is 11.7. The van der Waals surface area contributed by atoms with Crippen molar-refractivity contribution in [2.75, 3.05) is 13.7 Å². The van der Waals surface area contributed by atoms with E-state index in [1.165, 1.54) is 0 Å². The van der Waals surface area contributed by atoms with Gasteiger partial charge in [0.2, 0.25) is 0 Å². The summed E-state index contributed by atoms with van der Waals surface area (Å²) in [6.45, 7) is 0.327. The first-order valence-electron chi connectivity index (χ1n) is 12.1. The predicted octanol–water partition coefficient (Wildman–Crippen LogP) is 5.52. The second-order valence-electron chi connectivity index (χ2n) is 9.04. The van der Waals surface area contributed by atoms with Gasteiger partial charge in [-0.3, -0.25) is 10.1 Å². The summed E-state index contributed by atoms with van der Waals surface area (Å²) >= 11 is 0. The van der Waals surface area contributed by atoms with Gasteiger partial charge < -0.3 is 9.47 Å². The van der Waals surface area contributed by atoms with Crippen LogP contribution in [0.2, 0.25) is 0 Å². The van der Waals surface area contributed by atoms with E-state index in [4.69, 9.17) is 0 Å². The van der Waals surface area contributed by atoms with Crippen LogP contribution < -0.4 is 5.32 Å². The average Bonchev–Trinajstić information content (AvgIpc) is 3.38. The molecule has 1 heterocycles. The fourth-order valence-electron chi connectivity index (χ4n) is 4.66. The molecule has 1 atom stereocenters. The molecule has 0 fully saturated rings. The number of hydrogen-bond donors (Lipinski definition) is 1. The van der Waals surface area contributed by atoms with E-state index in [1.807, 2.05) is 78.5 Å². The summed E-state index contributed by atoms with van der Waals surface area (Å²) in [6.07, 6.45) is 3.59. The minimum Gasteiger partial charge on any atom is -0.336 e. The Labute approximate surface area is 216 Å². The van der Waals surface area contributed by atoms with Crippen molar-refractivity contribution in [1.82, 2.24) is 19.8 Å². The summed E-state index contributed by atoms with van der Waals surface area (Å²) < 4.78 is 1.96. The Balaban J connectivity index is 1.53. The summed E-state index contributed by atoms with van der Waals surface area (Å²) in [4.78, 5) is 18.9. The molecule has 5 aromatic rings. The zero-order valence-electron chi connectivity index (χ0n) is 20.8. The molecule has 1 aromatic heterocycles. The van der Waals surface area contributed by atoms with Crippen LogP contribution in [0.25, 0.3) is 21.9 Å². The molecule has 37 heavy (non-hydrogen) atoms. The van der Waals surface area contributed by atoms with Crippen LogP contribution >= 0.6 is 0 Å². The van der Waals surface area contributed by atoms with E-state index < -0.39 is 0 Å². The van der Waals surface area contributed by atoms with Gasteiger partial charge in [-0.05, 0) is 46.2 Å². The topological polar surface area (TPSA) is 74.0 Å².